The molecule has 1 heterocycles. The average Bonchev–Trinajstić information content (AvgIpc) is 2.88. The molecule has 3 atom stereocenters. The Bertz CT molecular complexity index is 295. The van der Waals surface area contributed by atoms with Crippen LogP contribution >= 0.6 is 0 Å². The van der Waals surface area contributed by atoms with E-state index in [-0.39, 0.29) is 0 Å². The van der Waals surface area contributed by atoms with Crippen LogP contribution in [-0.2, 0) is 0 Å². The van der Waals surface area contributed by atoms with E-state index in [9.17, 15) is 5.21 Å². The summed E-state index contributed by atoms with van der Waals surface area (Å²) in [5.41, 5.74) is 1.11. The molecule has 3 heteroatoms. The van der Waals surface area contributed by atoms with Gasteiger partial charge in [0, 0.05) is 5.92 Å². The van der Waals surface area contributed by atoms with E-state index < -0.39 is 0 Å². The Morgan fingerprint density at radius 2 is 1.71 bits per heavy atom. The SMILES string of the molecule is O/N=C1\[C@H]2CC[C@@H](C2)[C@H]1N1CCCCCCC1. The van der Waals surface area contributed by atoms with Crippen LogP contribution in [0.5, 0.6) is 0 Å². The summed E-state index contributed by atoms with van der Waals surface area (Å²) in [6.45, 7) is 2.43. The maximum Gasteiger partial charge on any atom is 0.0775 e. The molecule has 0 amide bonds. The molecule has 0 radical (unpaired) electrons. The zero-order valence-corrected chi connectivity index (χ0v) is 10.6. The van der Waals surface area contributed by atoms with Gasteiger partial charge in [-0.2, -0.15) is 0 Å². The fourth-order valence-electron chi connectivity index (χ4n) is 4.23. The highest BCUT2D eigenvalue weighted by Crippen LogP contribution is 2.45. The predicted octanol–water partition coefficient (Wildman–Crippen LogP) is 2.88. The monoisotopic (exact) mass is 236 g/mol. The second-order valence-electron chi connectivity index (χ2n) is 6.04. The van der Waals surface area contributed by atoms with Crippen LogP contribution in [0.25, 0.3) is 0 Å². The molecule has 2 saturated carbocycles. The van der Waals surface area contributed by atoms with Crippen LogP contribution in [0.1, 0.15) is 51.4 Å². The number of fused-ring (bicyclic) bond motifs is 2. The van der Waals surface area contributed by atoms with Gasteiger partial charge in [-0.25, -0.2) is 0 Å². The third-order valence-corrected chi connectivity index (χ3v) is 5.04. The lowest BCUT2D eigenvalue weighted by atomic mass is 9.91. The molecule has 17 heavy (non-hydrogen) atoms. The van der Waals surface area contributed by atoms with E-state index in [1.54, 1.807) is 0 Å². The van der Waals surface area contributed by atoms with E-state index in [2.05, 4.69) is 10.1 Å². The molecule has 3 aliphatic rings. The van der Waals surface area contributed by atoms with E-state index in [0.717, 1.165) is 11.6 Å². The van der Waals surface area contributed by atoms with Gasteiger partial charge in [0.15, 0.2) is 0 Å². The zero-order valence-electron chi connectivity index (χ0n) is 10.6. The molecule has 3 fully saturated rings. The quantitative estimate of drug-likeness (QED) is 0.561. The summed E-state index contributed by atoms with van der Waals surface area (Å²) in [4.78, 5) is 2.62. The highest BCUT2D eigenvalue weighted by atomic mass is 16.4. The summed E-state index contributed by atoms with van der Waals surface area (Å²) in [7, 11) is 0. The van der Waals surface area contributed by atoms with Gasteiger partial charge in [-0.15, -0.1) is 0 Å². The van der Waals surface area contributed by atoms with Crippen LogP contribution in [0.15, 0.2) is 5.16 Å². The third-order valence-electron chi connectivity index (χ3n) is 5.04. The van der Waals surface area contributed by atoms with Gasteiger partial charge in [0.1, 0.15) is 0 Å². The maximum absolute atomic E-state index is 9.28. The van der Waals surface area contributed by atoms with Gasteiger partial charge in [0.25, 0.3) is 0 Å². The van der Waals surface area contributed by atoms with Gasteiger partial charge in [0.05, 0.1) is 11.8 Å². The molecule has 3 rings (SSSR count). The molecule has 0 spiro atoms. The van der Waals surface area contributed by atoms with Crippen LogP contribution in [0.2, 0.25) is 0 Å². The van der Waals surface area contributed by atoms with Crippen molar-refractivity contribution in [3.63, 3.8) is 0 Å². The Morgan fingerprint density at radius 3 is 2.41 bits per heavy atom. The smallest absolute Gasteiger partial charge is 0.0775 e. The van der Waals surface area contributed by atoms with Crippen molar-refractivity contribution in [2.75, 3.05) is 13.1 Å². The van der Waals surface area contributed by atoms with Crippen molar-refractivity contribution >= 4 is 5.71 Å². The highest BCUT2D eigenvalue weighted by molar-refractivity contribution is 5.94. The lowest BCUT2D eigenvalue weighted by molar-refractivity contribution is 0.176. The minimum atomic E-state index is 0.483. The number of oxime groups is 1. The van der Waals surface area contributed by atoms with Gasteiger partial charge < -0.3 is 5.21 Å². The summed E-state index contributed by atoms with van der Waals surface area (Å²) < 4.78 is 0. The first-order valence-electron chi connectivity index (χ1n) is 7.36. The van der Waals surface area contributed by atoms with E-state index in [1.807, 2.05) is 0 Å². The van der Waals surface area contributed by atoms with Crippen molar-refractivity contribution in [1.29, 1.82) is 0 Å². The van der Waals surface area contributed by atoms with E-state index in [4.69, 9.17) is 0 Å². The fraction of sp³-hybridized carbons (Fsp3) is 0.929. The standard InChI is InChI=1S/C14H24N2O/c17-15-13-11-6-7-12(10-11)14(13)16-8-4-2-1-3-5-9-16/h11-12,14,17H,1-10H2/b15-13+/t11-,12-,14+/m0/s1. The number of likely N-dealkylation sites (tertiary alicyclic amines) is 1. The Kier molecular flexibility index (Phi) is 3.37. The second kappa shape index (κ2) is 4.97. The maximum atomic E-state index is 9.28. The van der Waals surface area contributed by atoms with E-state index in [0.29, 0.717) is 12.0 Å². The largest absolute Gasteiger partial charge is 0.411 e. The summed E-state index contributed by atoms with van der Waals surface area (Å²) in [6.07, 6.45) is 10.7. The molecule has 1 N–H and O–H groups in total. The molecule has 96 valence electrons. The molecule has 3 nitrogen and oxygen atoms in total. The average molecular weight is 236 g/mol. The Morgan fingerprint density at radius 1 is 1.00 bits per heavy atom. The summed E-state index contributed by atoms with van der Waals surface area (Å²) in [6, 6.07) is 0.483. The molecule has 2 aliphatic carbocycles. The molecular weight excluding hydrogens is 212 g/mol. The van der Waals surface area contributed by atoms with E-state index >= 15 is 0 Å². The van der Waals surface area contributed by atoms with Gasteiger partial charge in [-0.1, -0.05) is 24.4 Å². The Hall–Kier alpha value is -0.570. The molecule has 1 saturated heterocycles. The van der Waals surface area contributed by atoms with Crippen molar-refractivity contribution in [1.82, 2.24) is 4.90 Å². The summed E-state index contributed by atoms with van der Waals surface area (Å²) in [5, 5.41) is 12.9. The number of hydrogen-bond donors (Lipinski definition) is 1. The normalized spacial score (nSPS) is 41.6. The minimum Gasteiger partial charge on any atom is -0.411 e. The lowest BCUT2D eigenvalue weighted by Gasteiger charge is -2.35. The molecule has 0 aromatic heterocycles. The van der Waals surface area contributed by atoms with Crippen molar-refractivity contribution < 1.29 is 5.21 Å². The lowest BCUT2D eigenvalue weighted by Crippen LogP contribution is -2.46. The summed E-state index contributed by atoms with van der Waals surface area (Å²) >= 11 is 0. The van der Waals surface area contributed by atoms with Crippen LogP contribution in [0.3, 0.4) is 0 Å². The first kappa shape index (κ1) is 11.5. The minimum absolute atomic E-state index is 0.483. The fourth-order valence-corrected chi connectivity index (χ4v) is 4.23. The van der Waals surface area contributed by atoms with Crippen molar-refractivity contribution in [3.8, 4) is 0 Å². The molecular formula is C14H24N2O. The van der Waals surface area contributed by atoms with Crippen LogP contribution < -0.4 is 0 Å². The van der Waals surface area contributed by atoms with Gasteiger partial charge in [0.2, 0.25) is 0 Å². The zero-order chi connectivity index (χ0) is 11.7. The van der Waals surface area contributed by atoms with Crippen molar-refractivity contribution in [3.05, 3.63) is 0 Å². The topological polar surface area (TPSA) is 35.8 Å². The van der Waals surface area contributed by atoms with Crippen LogP contribution in [0.4, 0.5) is 0 Å². The molecule has 0 unspecified atom stereocenters. The first-order valence-corrected chi connectivity index (χ1v) is 7.36. The molecule has 2 bridgehead atoms. The number of rotatable bonds is 1. The number of hydrogen-bond acceptors (Lipinski definition) is 3. The van der Waals surface area contributed by atoms with Gasteiger partial charge >= 0.3 is 0 Å². The Labute approximate surface area is 104 Å². The Balaban J connectivity index is 1.73. The molecule has 1 aliphatic heterocycles. The number of nitrogens with zero attached hydrogens (tertiary/aromatic N) is 2. The van der Waals surface area contributed by atoms with Crippen LogP contribution in [0, 0.1) is 11.8 Å². The van der Waals surface area contributed by atoms with E-state index in [1.165, 1.54) is 64.5 Å². The van der Waals surface area contributed by atoms with Crippen molar-refractivity contribution in [2.45, 2.75) is 57.4 Å². The van der Waals surface area contributed by atoms with Gasteiger partial charge in [-0.3, -0.25) is 4.90 Å². The molecule has 0 aromatic rings. The highest BCUT2D eigenvalue weighted by Gasteiger charge is 2.47. The third kappa shape index (κ3) is 2.10. The predicted molar refractivity (Wildman–Crippen MR) is 68.5 cm³/mol. The first-order chi connectivity index (χ1) is 8.40. The van der Waals surface area contributed by atoms with Crippen LogP contribution in [-0.4, -0.2) is 35.0 Å². The van der Waals surface area contributed by atoms with Gasteiger partial charge in [-0.05, 0) is 51.1 Å². The van der Waals surface area contributed by atoms with Crippen molar-refractivity contribution in [2.24, 2.45) is 17.0 Å². The second-order valence-corrected chi connectivity index (χ2v) is 6.04. The summed E-state index contributed by atoms with van der Waals surface area (Å²) in [5.74, 6) is 1.38. The molecule has 0 aromatic carbocycles.